The SMILES string of the molecule is CC(CF)CC(F)C(C)C.CC1=CCC(C)CC1.CC1CCC(C)C(F)C1.CC1CCC(C)CC1. The summed E-state index contributed by atoms with van der Waals surface area (Å²) in [5.41, 5.74) is 1.59. The van der Waals surface area contributed by atoms with E-state index >= 15 is 0 Å². The fourth-order valence-electron chi connectivity index (χ4n) is 4.71. The van der Waals surface area contributed by atoms with Crippen molar-refractivity contribution in [3.8, 4) is 0 Å². The van der Waals surface area contributed by atoms with Crippen molar-refractivity contribution < 1.29 is 13.2 Å². The first-order chi connectivity index (χ1) is 16.3. The minimum atomic E-state index is -0.842. The lowest BCUT2D eigenvalue weighted by Gasteiger charge is -2.26. The normalized spacial score (nSPS) is 32.4. The smallest absolute Gasteiger partial charge is 0.103 e. The van der Waals surface area contributed by atoms with Crippen LogP contribution in [0.1, 0.15) is 133 Å². The Hall–Kier alpha value is -0.470. The van der Waals surface area contributed by atoms with Crippen LogP contribution in [0.2, 0.25) is 0 Å². The largest absolute Gasteiger partial charge is 0.251 e. The molecule has 0 amide bonds. The van der Waals surface area contributed by atoms with Crippen molar-refractivity contribution in [1.82, 2.24) is 0 Å². The molecular formula is C32H61F3. The van der Waals surface area contributed by atoms with E-state index in [2.05, 4.69) is 40.7 Å². The summed E-state index contributed by atoms with van der Waals surface area (Å²) >= 11 is 0. The van der Waals surface area contributed by atoms with E-state index in [9.17, 15) is 13.2 Å². The summed E-state index contributed by atoms with van der Waals surface area (Å²) in [6.45, 7) is 18.4. The summed E-state index contributed by atoms with van der Waals surface area (Å²) in [5.74, 6) is 3.82. The fourth-order valence-corrected chi connectivity index (χ4v) is 4.71. The summed E-state index contributed by atoms with van der Waals surface area (Å²) in [5, 5.41) is 0. The molecule has 0 N–H and O–H groups in total. The zero-order chi connectivity index (χ0) is 27.0. The molecule has 3 aliphatic rings. The maximum absolute atomic E-state index is 12.8. The van der Waals surface area contributed by atoms with Crippen LogP contribution in [-0.4, -0.2) is 19.0 Å². The van der Waals surface area contributed by atoms with Crippen LogP contribution in [0.5, 0.6) is 0 Å². The first-order valence-electron chi connectivity index (χ1n) is 14.8. The monoisotopic (exact) mass is 502 g/mol. The summed E-state index contributed by atoms with van der Waals surface area (Å²) in [4.78, 5) is 0. The molecule has 0 nitrogen and oxygen atoms in total. The van der Waals surface area contributed by atoms with Crippen molar-refractivity contribution in [3.63, 3.8) is 0 Å². The van der Waals surface area contributed by atoms with Gasteiger partial charge in [-0.25, -0.2) is 8.78 Å². The van der Waals surface area contributed by atoms with Crippen molar-refractivity contribution in [1.29, 1.82) is 0 Å². The number of halogens is 3. The van der Waals surface area contributed by atoms with Gasteiger partial charge in [0.25, 0.3) is 0 Å². The Kier molecular flexibility index (Phi) is 19.4. The zero-order valence-corrected chi connectivity index (χ0v) is 24.9. The molecule has 0 aromatic rings. The van der Waals surface area contributed by atoms with E-state index in [4.69, 9.17) is 0 Å². The quantitative estimate of drug-likeness (QED) is 0.335. The number of alkyl halides is 3. The van der Waals surface area contributed by atoms with Crippen LogP contribution < -0.4 is 0 Å². The number of rotatable bonds is 4. The second-order valence-corrected chi connectivity index (χ2v) is 13.0. The van der Waals surface area contributed by atoms with E-state index < -0.39 is 19.0 Å². The summed E-state index contributed by atoms with van der Waals surface area (Å²) in [6.07, 6.45) is 14.4. The molecule has 0 saturated heterocycles. The van der Waals surface area contributed by atoms with Crippen LogP contribution >= 0.6 is 0 Å². The highest BCUT2D eigenvalue weighted by Gasteiger charge is 2.24. The van der Waals surface area contributed by atoms with Crippen LogP contribution in [0.25, 0.3) is 0 Å². The van der Waals surface area contributed by atoms with Gasteiger partial charge in [0, 0.05) is 0 Å². The molecule has 0 spiro atoms. The standard InChI is InChI=1S/C8H16F2.C8H15F.C8H16.C8H14/c1-6(2)8(10)4-7(3)5-9;1-6-3-4-7(2)8(9)5-6;2*1-7-3-5-8(2)6-4-7/h6-8H,4-5H2,1-3H3;6-8H,3-5H2,1-2H3;7-8H,3-6H2,1-2H3;3,8H,4-6H2,1-2H3. The van der Waals surface area contributed by atoms with Crippen LogP contribution in [-0.2, 0) is 0 Å². The van der Waals surface area contributed by atoms with Gasteiger partial charge in [-0.15, -0.1) is 0 Å². The Morgan fingerprint density at radius 1 is 0.800 bits per heavy atom. The van der Waals surface area contributed by atoms with E-state index in [1.165, 1.54) is 51.4 Å². The van der Waals surface area contributed by atoms with Crippen LogP contribution in [0.4, 0.5) is 13.2 Å². The molecule has 2 saturated carbocycles. The topological polar surface area (TPSA) is 0 Å². The number of hydrogen-bond donors (Lipinski definition) is 0. The molecule has 0 bridgehead atoms. The molecule has 3 aliphatic carbocycles. The highest BCUT2D eigenvalue weighted by Crippen LogP contribution is 2.30. The van der Waals surface area contributed by atoms with Gasteiger partial charge < -0.3 is 0 Å². The highest BCUT2D eigenvalue weighted by molar-refractivity contribution is 5.02. The van der Waals surface area contributed by atoms with Gasteiger partial charge in [-0.05, 0) is 86.9 Å². The minimum Gasteiger partial charge on any atom is -0.251 e. The van der Waals surface area contributed by atoms with Crippen LogP contribution in [0.15, 0.2) is 11.6 Å². The average Bonchev–Trinajstić information content (AvgIpc) is 2.81. The molecule has 2 fully saturated rings. The molecule has 3 heteroatoms. The fraction of sp³-hybridized carbons (Fsp3) is 0.938. The van der Waals surface area contributed by atoms with E-state index in [-0.39, 0.29) is 11.8 Å². The van der Waals surface area contributed by atoms with Gasteiger partial charge in [0.05, 0.1) is 6.67 Å². The third-order valence-corrected chi connectivity index (χ3v) is 8.18. The van der Waals surface area contributed by atoms with Gasteiger partial charge >= 0.3 is 0 Å². The molecule has 0 aromatic carbocycles. The molecule has 0 aliphatic heterocycles. The lowest BCUT2D eigenvalue weighted by atomic mass is 9.83. The lowest BCUT2D eigenvalue weighted by molar-refractivity contribution is 0.145. The molecule has 6 atom stereocenters. The highest BCUT2D eigenvalue weighted by atomic mass is 19.1. The Labute approximate surface area is 218 Å². The van der Waals surface area contributed by atoms with Gasteiger partial charge in [0.1, 0.15) is 12.3 Å². The van der Waals surface area contributed by atoms with E-state index in [0.29, 0.717) is 18.3 Å². The zero-order valence-electron chi connectivity index (χ0n) is 24.9. The second kappa shape index (κ2) is 19.6. The predicted octanol–water partition coefficient (Wildman–Crippen LogP) is 11.3. The third-order valence-electron chi connectivity index (χ3n) is 8.18. The molecule has 0 aromatic heterocycles. The molecular weight excluding hydrogens is 441 g/mol. The number of allylic oxidation sites excluding steroid dienone is 2. The maximum atomic E-state index is 12.8. The van der Waals surface area contributed by atoms with E-state index in [1.807, 2.05) is 20.8 Å². The van der Waals surface area contributed by atoms with E-state index in [1.54, 1.807) is 12.5 Å². The summed E-state index contributed by atoms with van der Waals surface area (Å²) < 4.78 is 37.5. The summed E-state index contributed by atoms with van der Waals surface area (Å²) in [7, 11) is 0. The first kappa shape index (κ1) is 34.5. The molecule has 35 heavy (non-hydrogen) atoms. The Morgan fingerprint density at radius 3 is 1.66 bits per heavy atom. The average molecular weight is 503 g/mol. The van der Waals surface area contributed by atoms with Gasteiger partial charge in [0.2, 0.25) is 0 Å². The van der Waals surface area contributed by atoms with E-state index in [0.717, 1.165) is 30.6 Å². The lowest BCUT2D eigenvalue weighted by Crippen LogP contribution is -2.22. The van der Waals surface area contributed by atoms with Gasteiger partial charge in [-0.2, -0.15) is 0 Å². The van der Waals surface area contributed by atoms with Gasteiger partial charge in [0.15, 0.2) is 0 Å². The maximum Gasteiger partial charge on any atom is 0.103 e. The predicted molar refractivity (Wildman–Crippen MR) is 150 cm³/mol. The van der Waals surface area contributed by atoms with Crippen molar-refractivity contribution in [3.05, 3.63) is 11.6 Å². The second-order valence-electron chi connectivity index (χ2n) is 13.0. The molecule has 3 rings (SSSR count). The Bertz CT molecular complexity index is 511. The summed E-state index contributed by atoms with van der Waals surface area (Å²) in [6, 6.07) is 0. The van der Waals surface area contributed by atoms with Crippen molar-refractivity contribution in [2.45, 2.75) is 145 Å². The molecule has 0 heterocycles. The third kappa shape index (κ3) is 18.4. The molecule has 0 radical (unpaired) electrons. The number of hydrogen-bond acceptors (Lipinski definition) is 0. The Balaban J connectivity index is 0.000000442. The molecule has 210 valence electrons. The minimum absolute atomic E-state index is 0.0222. The van der Waals surface area contributed by atoms with Crippen LogP contribution in [0, 0.1) is 41.4 Å². The first-order valence-corrected chi connectivity index (χ1v) is 14.8. The molecule has 6 unspecified atom stereocenters. The van der Waals surface area contributed by atoms with Crippen molar-refractivity contribution in [2.75, 3.05) is 6.67 Å². The van der Waals surface area contributed by atoms with Crippen molar-refractivity contribution >= 4 is 0 Å². The van der Waals surface area contributed by atoms with Crippen LogP contribution in [0.3, 0.4) is 0 Å². The van der Waals surface area contributed by atoms with Gasteiger partial charge in [-0.3, -0.25) is 4.39 Å². The van der Waals surface area contributed by atoms with Gasteiger partial charge in [-0.1, -0.05) is 99.1 Å². The van der Waals surface area contributed by atoms with Crippen molar-refractivity contribution in [2.24, 2.45) is 41.4 Å². The Morgan fingerprint density at radius 2 is 1.31 bits per heavy atom.